The third-order valence-corrected chi connectivity index (χ3v) is 4.96. The number of rotatable bonds is 1. The van der Waals surface area contributed by atoms with Crippen LogP contribution in [-0.4, -0.2) is 17.4 Å². The van der Waals surface area contributed by atoms with Crippen LogP contribution < -0.4 is 4.90 Å². The van der Waals surface area contributed by atoms with E-state index in [1.165, 1.54) is 31.2 Å². The smallest absolute Gasteiger partial charge is 0.258 e. The molecule has 1 fully saturated rings. The minimum absolute atomic E-state index is 0.0913. The maximum absolute atomic E-state index is 12.8. The standard InChI is InChI=1S/C18H18N2O/c21-17(14-7-11-19-12-8-14)20-13-18(9-3-4-10-18)15-5-1-2-6-16(15)20/h1-2,5-8,11-12H,3-4,9-10,13H2. The van der Waals surface area contributed by atoms with Gasteiger partial charge in [-0.2, -0.15) is 0 Å². The van der Waals surface area contributed by atoms with E-state index >= 15 is 0 Å². The van der Waals surface area contributed by atoms with Gasteiger partial charge >= 0.3 is 0 Å². The van der Waals surface area contributed by atoms with Crippen molar-refractivity contribution in [2.24, 2.45) is 0 Å². The first-order valence-electron chi connectivity index (χ1n) is 7.62. The van der Waals surface area contributed by atoms with E-state index in [1.807, 2.05) is 11.0 Å². The number of amides is 1. The Balaban J connectivity index is 1.77. The molecule has 1 aromatic carbocycles. The van der Waals surface area contributed by atoms with Crippen LogP contribution in [0.5, 0.6) is 0 Å². The fourth-order valence-corrected chi connectivity index (χ4v) is 3.94. The van der Waals surface area contributed by atoms with Crippen molar-refractivity contribution >= 4 is 11.6 Å². The summed E-state index contributed by atoms with van der Waals surface area (Å²) in [6, 6.07) is 12.0. The minimum atomic E-state index is 0.0913. The van der Waals surface area contributed by atoms with Gasteiger partial charge in [-0.3, -0.25) is 9.78 Å². The van der Waals surface area contributed by atoms with Crippen LogP contribution in [0.3, 0.4) is 0 Å². The molecule has 0 bridgehead atoms. The monoisotopic (exact) mass is 278 g/mol. The van der Waals surface area contributed by atoms with E-state index in [1.54, 1.807) is 24.5 Å². The summed E-state index contributed by atoms with van der Waals surface area (Å²) in [4.78, 5) is 18.8. The maximum atomic E-state index is 12.8. The van der Waals surface area contributed by atoms with Crippen LogP contribution in [0.4, 0.5) is 5.69 Å². The molecule has 106 valence electrons. The van der Waals surface area contributed by atoms with Crippen LogP contribution in [-0.2, 0) is 5.41 Å². The zero-order chi connectivity index (χ0) is 14.3. The Hall–Kier alpha value is -2.16. The Kier molecular flexibility index (Phi) is 2.81. The molecule has 0 unspecified atom stereocenters. The van der Waals surface area contributed by atoms with E-state index in [0.29, 0.717) is 0 Å². The average molecular weight is 278 g/mol. The molecule has 1 aliphatic carbocycles. The summed E-state index contributed by atoms with van der Waals surface area (Å²) in [6.45, 7) is 0.827. The van der Waals surface area contributed by atoms with E-state index < -0.39 is 0 Å². The van der Waals surface area contributed by atoms with Crippen molar-refractivity contribution in [1.29, 1.82) is 0 Å². The Bertz CT molecular complexity index is 675. The SMILES string of the molecule is O=C(c1ccncc1)N1CC2(CCCC2)c2ccccc21. The zero-order valence-electron chi connectivity index (χ0n) is 12.0. The van der Waals surface area contributed by atoms with Gasteiger partial charge in [0.25, 0.3) is 5.91 Å². The molecule has 1 spiro atoms. The molecule has 0 saturated heterocycles. The molecule has 3 nitrogen and oxygen atoms in total. The molecule has 3 heteroatoms. The first-order chi connectivity index (χ1) is 10.3. The van der Waals surface area contributed by atoms with Gasteiger partial charge in [0.15, 0.2) is 0 Å². The lowest BCUT2D eigenvalue weighted by Gasteiger charge is -2.24. The van der Waals surface area contributed by atoms with Gasteiger partial charge in [0.05, 0.1) is 0 Å². The molecule has 1 amide bonds. The third kappa shape index (κ3) is 1.88. The second kappa shape index (κ2) is 4.69. The molecule has 2 aromatic rings. The minimum Gasteiger partial charge on any atom is -0.307 e. The highest BCUT2D eigenvalue weighted by Gasteiger charge is 2.46. The quantitative estimate of drug-likeness (QED) is 0.799. The lowest BCUT2D eigenvalue weighted by Crippen LogP contribution is -2.35. The number of hydrogen-bond acceptors (Lipinski definition) is 2. The Labute approximate surface area is 124 Å². The zero-order valence-corrected chi connectivity index (χ0v) is 12.0. The number of fused-ring (bicyclic) bond motifs is 2. The number of hydrogen-bond donors (Lipinski definition) is 0. The van der Waals surface area contributed by atoms with E-state index in [2.05, 4.69) is 23.2 Å². The van der Waals surface area contributed by atoms with Gasteiger partial charge in [0.1, 0.15) is 0 Å². The van der Waals surface area contributed by atoms with E-state index in [9.17, 15) is 4.79 Å². The number of para-hydroxylation sites is 1. The van der Waals surface area contributed by atoms with Gasteiger partial charge in [0, 0.05) is 35.6 Å². The van der Waals surface area contributed by atoms with Crippen molar-refractivity contribution in [2.75, 3.05) is 11.4 Å². The van der Waals surface area contributed by atoms with Crippen molar-refractivity contribution in [3.63, 3.8) is 0 Å². The average Bonchev–Trinajstić information content (AvgIpc) is 3.15. The molecular formula is C18H18N2O. The lowest BCUT2D eigenvalue weighted by molar-refractivity contribution is 0.0985. The summed E-state index contributed by atoms with van der Waals surface area (Å²) in [5, 5.41) is 0. The predicted octanol–water partition coefficient (Wildman–Crippen LogP) is 3.55. The molecule has 0 N–H and O–H groups in total. The fourth-order valence-electron chi connectivity index (χ4n) is 3.94. The molecule has 21 heavy (non-hydrogen) atoms. The first-order valence-corrected chi connectivity index (χ1v) is 7.62. The summed E-state index contributed by atoms with van der Waals surface area (Å²) in [6.07, 6.45) is 8.30. The van der Waals surface area contributed by atoms with E-state index in [4.69, 9.17) is 0 Å². The van der Waals surface area contributed by atoms with Crippen LogP contribution >= 0.6 is 0 Å². The molecule has 2 aliphatic rings. The third-order valence-electron chi connectivity index (χ3n) is 4.96. The summed E-state index contributed by atoms with van der Waals surface area (Å²) >= 11 is 0. The van der Waals surface area contributed by atoms with E-state index in [0.717, 1.165) is 17.8 Å². The number of benzene rings is 1. The molecule has 0 radical (unpaired) electrons. The second-order valence-corrected chi connectivity index (χ2v) is 6.13. The predicted molar refractivity (Wildman–Crippen MR) is 82.5 cm³/mol. The van der Waals surface area contributed by atoms with Gasteiger partial charge in [0.2, 0.25) is 0 Å². The van der Waals surface area contributed by atoms with Gasteiger partial charge in [-0.05, 0) is 36.6 Å². The summed E-state index contributed by atoms with van der Waals surface area (Å²) in [5.41, 5.74) is 3.38. The van der Waals surface area contributed by atoms with Crippen LogP contribution in [0.2, 0.25) is 0 Å². The molecule has 1 saturated carbocycles. The molecule has 0 atom stereocenters. The Morgan fingerprint density at radius 3 is 2.52 bits per heavy atom. The largest absolute Gasteiger partial charge is 0.307 e. The summed E-state index contributed by atoms with van der Waals surface area (Å²) in [5.74, 6) is 0.0913. The van der Waals surface area contributed by atoms with Gasteiger partial charge in [-0.25, -0.2) is 0 Å². The lowest BCUT2D eigenvalue weighted by atomic mass is 9.81. The van der Waals surface area contributed by atoms with Crippen LogP contribution in [0, 0.1) is 0 Å². The number of nitrogens with zero attached hydrogens (tertiary/aromatic N) is 2. The van der Waals surface area contributed by atoms with E-state index in [-0.39, 0.29) is 11.3 Å². The number of aromatic nitrogens is 1. The fraction of sp³-hybridized carbons (Fsp3) is 0.333. The van der Waals surface area contributed by atoms with Crippen molar-refractivity contribution in [3.8, 4) is 0 Å². The highest BCUT2D eigenvalue weighted by atomic mass is 16.2. The van der Waals surface area contributed by atoms with Crippen molar-refractivity contribution in [2.45, 2.75) is 31.1 Å². The molecule has 1 aromatic heterocycles. The van der Waals surface area contributed by atoms with Crippen molar-refractivity contribution in [1.82, 2.24) is 4.98 Å². The highest BCUT2D eigenvalue weighted by molar-refractivity contribution is 6.07. The Morgan fingerprint density at radius 1 is 1.05 bits per heavy atom. The summed E-state index contributed by atoms with van der Waals surface area (Å²) in [7, 11) is 0. The Morgan fingerprint density at radius 2 is 1.76 bits per heavy atom. The van der Waals surface area contributed by atoms with Crippen molar-refractivity contribution in [3.05, 3.63) is 59.9 Å². The number of pyridine rings is 1. The molecule has 1 aliphatic heterocycles. The number of anilines is 1. The van der Waals surface area contributed by atoms with Gasteiger partial charge in [-0.15, -0.1) is 0 Å². The van der Waals surface area contributed by atoms with Crippen molar-refractivity contribution < 1.29 is 4.79 Å². The normalized spacial score (nSPS) is 19.0. The molecular weight excluding hydrogens is 260 g/mol. The van der Waals surface area contributed by atoms with Crippen LogP contribution in [0.15, 0.2) is 48.8 Å². The topological polar surface area (TPSA) is 33.2 Å². The molecule has 2 heterocycles. The van der Waals surface area contributed by atoms with Crippen LogP contribution in [0.25, 0.3) is 0 Å². The second-order valence-electron chi connectivity index (χ2n) is 6.13. The van der Waals surface area contributed by atoms with Gasteiger partial charge in [-0.1, -0.05) is 31.0 Å². The number of carbonyl (C=O) groups is 1. The highest BCUT2D eigenvalue weighted by Crippen LogP contribution is 2.50. The van der Waals surface area contributed by atoms with Gasteiger partial charge < -0.3 is 4.90 Å². The van der Waals surface area contributed by atoms with Crippen LogP contribution in [0.1, 0.15) is 41.6 Å². The number of carbonyl (C=O) groups excluding carboxylic acids is 1. The molecule has 4 rings (SSSR count). The first kappa shape index (κ1) is 12.6. The summed E-state index contributed by atoms with van der Waals surface area (Å²) < 4.78 is 0. The maximum Gasteiger partial charge on any atom is 0.258 e.